The zero-order valence-electron chi connectivity index (χ0n) is 13.8. The summed E-state index contributed by atoms with van der Waals surface area (Å²) in [4.78, 5) is 3.97. The molecule has 0 amide bonds. The van der Waals surface area contributed by atoms with Crippen molar-refractivity contribution in [2.75, 3.05) is 5.32 Å². The lowest BCUT2D eigenvalue weighted by Gasteiger charge is -2.08. The fourth-order valence-corrected chi connectivity index (χ4v) is 2.61. The zero-order valence-corrected chi connectivity index (χ0v) is 13.8. The van der Waals surface area contributed by atoms with Gasteiger partial charge >= 0.3 is 6.01 Å². The molecule has 4 aromatic rings. The molecule has 0 aliphatic rings. The van der Waals surface area contributed by atoms with Crippen LogP contribution < -0.4 is 5.32 Å². The summed E-state index contributed by atoms with van der Waals surface area (Å²) in [5.41, 5.74) is 4.00. The molecule has 0 fully saturated rings. The number of hydrogen-bond donors (Lipinski definition) is 1. The molecule has 0 atom stereocenters. The van der Waals surface area contributed by atoms with Gasteiger partial charge in [-0.1, -0.05) is 17.2 Å². The zero-order chi connectivity index (χ0) is 17.2. The summed E-state index contributed by atoms with van der Waals surface area (Å²) in [6.07, 6.45) is 4.79. The maximum atomic E-state index is 5.63. The number of benzene rings is 1. The summed E-state index contributed by atoms with van der Waals surface area (Å²) in [7, 11) is 0. The quantitative estimate of drug-likeness (QED) is 0.598. The van der Waals surface area contributed by atoms with Gasteiger partial charge in [0.15, 0.2) is 0 Å². The molecule has 0 aliphatic carbocycles. The smallest absolute Gasteiger partial charge is 0.316 e. The van der Waals surface area contributed by atoms with Crippen molar-refractivity contribution in [2.45, 2.75) is 20.4 Å². The summed E-state index contributed by atoms with van der Waals surface area (Å²) in [6, 6.07) is 8.29. The molecular formula is C17H16N6O2. The van der Waals surface area contributed by atoms with E-state index in [0.717, 1.165) is 28.1 Å². The Hall–Kier alpha value is -3.42. The van der Waals surface area contributed by atoms with Crippen molar-refractivity contribution in [3.63, 3.8) is 0 Å². The number of anilines is 1. The van der Waals surface area contributed by atoms with E-state index < -0.39 is 0 Å². The van der Waals surface area contributed by atoms with Crippen LogP contribution in [-0.4, -0.2) is 25.0 Å². The lowest BCUT2D eigenvalue weighted by Crippen LogP contribution is -2.02. The molecule has 8 heteroatoms. The van der Waals surface area contributed by atoms with Gasteiger partial charge in [0.25, 0.3) is 5.89 Å². The molecule has 0 saturated carbocycles. The third-order valence-electron chi connectivity index (χ3n) is 3.88. The average molecular weight is 336 g/mol. The van der Waals surface area contributed by atoms with E-state index in [0.29, 0.717) is 18.5 Å². The molecule has 1 N–H and O–H groups in total. The Balaban J connectivity index is 1.46. The number of hydrogen-bond acceptors (Lipinski definition) is 7. The molecule has 8 nitrogen and oxygen atoms in total. The van der Waals surface area contributed by atoms with Crippen molar-refractivity contribution in [3.8, 4) is 17.1 Å². The van der Waals surface area contributed by atoms with E-state index >= 15 is 0 Å². The largest absolute Gasteiger partial charge is 0.469 e. The van der Waals surface area contributed by atoms with Crippen molar-refractivity contribution < 1.29 is 8.83 Å². The first kappa shape index (κ1) is 15.1. The van der Waals surface area contributed by atoms with Gasteiger partial charge in [-0.15, -0.1) is 5.10 Å². The predicted molar refractivity (Wildman–Crippen MR) is 90.2 cm³/mol. The Morgan fingerprint density at radius 2 is 2.08 bits per heavy atom. The van der Waals surface area contributed by atoms with E-state index in [1.54, 1.807) is 23.3 Å². The number of furan rings is 1. The minimum atomic E-state index is 0.369. The van der Waals surface area contributed by atoms with E-state index in [4.69, 9.17) is 8.83 Å². The Labute approximate surface area is 143 Å². The van der Waals surface area contributed by atoms with Crippen molar-refractivity contribution in [1.82, 2.24) is 25.0 Å². The molecule has 3 heterocycles. The van der Waals surface area contributed by atoms with Gasteiger partial charge in [-0.3, -0.25) is 0 Å². The Morgan fingerprint density at radius 1 is 1.16 bits per heavy atom. The summed E-state index contributed by atoms with van der Waals surface area (Å²) in [6.45, 7) is 4.46. The molecule has 0 radical (unpaired) electrons. The van der Waals surface area contributed by atoms with E-state index in [1.807, 2.05) is 26.0 Å². The van der Waals surface area contributed by atoms with Crippen LogP contribution in [0.15, 0.2) is 52.0 Å². The van der Waals surface area contributed by atoms with Gasteiger partial charge in [0.05, 0.1) is 17.5 Å². The fourth-order valence-electron chi connectivity index (χ4n) is 2.61. The SMILES string of the molecule is Cc1cc(CNc2nnc(-c3ccoc3C)o2)ccc1-n1cncn1. The Bertz CT molecular complexity index is 986. The highest BCUT2D eigenvalue weighted by Gasteiger charge is 2.12. The first-order valence-electron chi connectivity index (χ1n) is 7.77. The molecule has 0 aliphatic heterocycles. The molecule has 0 unspecified atom stereocenters. The third-order valence-corrected chi connectivity index (χ3v) is 3.88. The summed E-state index contributed by atoms with van der Waals surface area (Å²) in [5.74, 6) is 1.18. The van der Waals surface area contributed by atoms with Crippen molar-refractivity contribution in [2.24, 2.45) is 0 Å². The molecule has 0 spiro atoms. The van der Waals surface area contributed by atoms with Crippen LogP contribution in [0.25, 0.3) is 17.1 Å². The topological polar surface area (TPSA) is 94.8 Å². The molecule has 25 heavy (non-hydrogen) atoms. The van der Waals surface area contributed by atoms with Crippen LogP contribution in [0, 0.1) is 13.8 Å². The minimum absolute atomic E-state index is 0.369. The fraction of sp³-hybridized carbons (Fsp3) is 0.176. The van der Waals surface area contributed by atoms with Crippen LogP contribution in [0.1, 0.15) is 16.9 Å². The van der Waals surface area contributed by atoms with E-state index in [1.165, 1.54) is 6.33 Å². The van der Waals surface area contributed by atoms with Gasteiger partial charge in [-0.25, -0.2) is 9.67 Å². The van der Waals surface area contributed by atoms with E-state index in [-0.39, 0.29) is 0 Å². The second-order valence-electron chi connectivity index (χ2n) is 5.62. The third kappa shape index (κ3) is 3.01. The maximum absolute atomic E-state index is 5.63. The Morgan fingerprint density at radius 3 is 2.80 bits per heavy atom. The van der Waals surface area contributed by atoms with Crippen LogP contribution in [0.3, 0.4) is 0 Å². The summed E-state index contributed by atoms with van der Waals surface area (Å²) in [5, 5.41) is 15.3. The second kappa shape index (κ2) is 6.23. The van der Waals surface area contributed by atoms with Gasteiger partial charge in [0.1, 0.15) is 18.4 Å². The lowest BCUT2D eigenvalue weighted by molar-refractivity contribution is 0.530. The lowest BCUT2D eigenvalue weighted by atomic mass is 10.1. The highest BCUT2D eigenvalue weighted by atomic mass is 16.4. The maximum Gasteiger partial charge on any atom is 0.316 e. The van der Waals surface area contributed by atoms with Gasteiger partial charge < -0.3 is 14.2 Å². The molecule has 4 rings (SSSR count). The van der Waals surface area contributed by atoms with Crippen molar-refractivity contribution in [3.05, 3.63) is 60.1 Å². The van der Waals surface area contributed by atoms with Crippen molar-refractivity contribution >= 4 is 6.01 Å². The highest BCUT2D eigenvalue weighted by Crippen LogP contribution is 2.24. The molecular weight excluding hydrogens is 320 g/mol. The molecule has 1 aromatic carbocycles. The normalized spacial score (nSPS) is 11.0. The standard InChI is InChI=1S/C17H16N6O2/c1-11-7-13(3-4-15(11)23-10-18-9-20-23)8-19-17-22-21-16(25-17)14-5-6-24-12(14)2/h3-7,9-10H,8H2,1-2H3,(H,19,22). The average Bonchev–Trinajstić information content (AvgIpc) is 3.34. The first-order chi connectivity index (χ1) is 12.2. The van der Waals surface area contributed by atoms with Crippen LogP contribution in [0.4, 0.5) is 6.01 Å². The number of rotatable bonds is 5. The summed E-state index contributed by atoms with van der Waals surface area (Å²) < 4.78 is 12.6. The first-order valence-corrected chi connectivity index (χ1v) is 7.77. The van der Waals surface area contributed by atoms with Crippen LogP contribution in [0.5, 0.6) is 0 Å². The molecule has 3 aromatic heterocycles. The van der Waals surface area contributed by atoms with Gasteiger partial charge in [-0.05, 0) is 37.1 Å². The highest BCUT2D eigenvalue weighted by molar-refractivity contribution is 5.55. The predicted octanol–water partition coefficient (Wildman–Crippen LogP) is 3.14. The van der Waals surface area contributed by atoms with Gasteiger partial charge in [-0.2, -0.15) is 5.10 Å². The summed E-state index contributed by atoms with van der Waals surface area (Å²) >= 11 is 0. The van der Waals surface area contributed by atoms with Crippen molar-refractivity contribution in [1.29, 1.82) is 0 Å². The monoisotopic (exact) mass is 336 g/mol. The molecule has 126 valence electrons. The van der Waals surface area contributed by atoms with E-state index in [2.05, 4.69) is 31.7 Å². The van der Waals surface area contributed by atoms with Crippen LogP contribution in [-0.2, 0) is 6.54 Å². The van der Waals surface area contributed by atoms with E-state index in [9.17, 15) is 0 Å². The number of aromatic nitrogens is 5. The minimum Gasteiger partial charge on any atom is -0.469 e. The van der Waals surface area contributed by atoms with Crippen LogP contribution >= 0.6 is 0 Å². The molecule has 0 bridgehead atoms. The Kier molecular flexibility index (Phi) is 3.77. The van der Waals surface area contributed by atoms with Crippen LogP contribution in [0.2, 0.25) is 0 Å². The molecule has 0 saturated heterocycles. The van der Waals surface area contributed by atoms with Gasteiger partial charge in [0, 0.05) is 6.54 Å². The van der Waals surface area contributed by atoms with Gasteiger partial charge in [0.2, 0.25) is 0 Å². The second-order valence-corrected chi connectivity index (χ2v) is 5.62. The number of aryl methyl sites for hydroxylation is 2. The number of nitrogens with one attached hydrogen (secondary N) is 1. The number of nitrogens with zero attached hydrogens (tertiary/aromatic N) is 5.